The lowest BCUT2D eigenvalue weighted by Gasteiger charge is -2.07. The van der Waals surface area contributed by atoms with Crippen molar-refractivity contribution in [1.29, 1.82) is 0 Å². The molecule has 5 heteroatoms. The average Bonchev–Trinajstić information content (AvgIpc) is 2.91. The van der Waals surface area contributed by atoms with E-state index in [4.69, 9.17) is 28.3 Å². The number of nitrogens with one attached hydrogen (secondary N) is 1. The molecule has 3 nitrogen and oxygen atoms in total. The van der Waals surface area contributed by atoms with Gasteiger partial charge in [0, 0.05) is 11.1 Å². The van der Waals surface area contributed by atoms with Crippen LogP contribution < -0.4 is 5.32 Å². The summed E-state index contributed by atoms with van der Waals surface area (Å²) in [6, 6.07) is 5.04. The lowest BCUT2D eigenvalue weighted by Crippen LogP contribution is -2.10. The molecular weight excluding hydrogens is 237 g/mol. The highest BCUT2D eigenvalue weighted by Gasteiger charge is 2.43. The zero-order valence-electron chi connectivity index (χ0n) is 7.71. The summed E-state index contributed by atoms with van der Waals surface area (Å²) in [5.74, 6) is -1.08. The number of anilines is 1. The minimum absolute atomic E-state index is 0.0292. The molecule has 2 atom stereocenters. The Morgan fingerprint density at radius 1 is 1.47 bits per heavy atom. The Morgan fingerprint density at radius 3 is 2.80 bits per heavy atom. The fourth-order valence-electron chi connectivity index (χ4n) is 1.44. The van der Waals surface area contributed by atoms with Crippen LogP contribution in [-0.4, -0.2) is 17.1 Å². The number of aliphatic carboxylic acids is 1. The van der Waals surface area contributed by atoms with Crippen LogP contribution in [0, 0.1) is 5.92 Å². The number of carboxylic acids is 1. The standard InChI is InChI=1S/C10H9Cl2NO2/c11-5-1-2-7(12)9(3-5)13-8-4-6(8)10(14)15/h1-3,6,8,13H,4H2,(H,14,15). The summed E-state index contributed by atoms with van der Waals surface area (Å²) in [5, 5.41) is 12.9. The van der Waals surface area contributed by atoms with E-state index in [1.807, 2.05) is 0 Å². The topological polar surface area (TPSA) is 49.3 Å². The molecule has 2 rings (SSSR count). The highest BCUT2D eigenvalue weighted by Crippen LogP contribution is 2.36. The maximum atomic E-state index is 10.6. The Hall–Kier alpha value is -0.930. The second-order valence-electron chi connectivity index (χ2n) is 3.56. The highest BCUT2D eigenvalue weighted by molar-refractivity contribution is 6.35. The molecule has 0 aliphatic heterocycles. The van der Waals surface area contributed by atoms with Gasteiger partial charge in [-0.15, -0.1) is 0 Å². The molecule has 2 N–H and O–H groups in total. The zero-order valence-corrected chi connectivity index (χ0v) is 9.22. The molecule has 1 aliphatic rings. The van der Waals surface area contributed by atoms with E-state index in [1.165, 1.54) is 0 Å². The van der Waals surface area contributed by atoms with Gasteiger partial charge in [0.25, 0.3) is 0 Å². The molecule has 1 fully saturated rings. The van der Waals surface area contributed by atoms with Gasteiger partial charge in [-0.3, -0.25) is 4.79 Å². The van der Waals surface area contributed by atoms with E-state index in [1.54, 1.807) is 18.2 Å². The maximum Gasteiger partial charge on any atom is 0.308 e. The monoisotopic (exact) mass is 245 g/mol. The van der Waals surface area contributed by atoms with E-state index >= 15 is 0 Å². The van der Waals surface area contributed by atoms with Crippen molar-refractivity contribution in [2.24, 2.45) is 5.92 Å². The third kappa shape index (κ3) is 2.36. The SMILES string of the molecule is O=C(O)C1CC1Nc1cc(Cl)ccc1Cl. The van der Waals surface area contributed by atoms with Gasteiger partial charge in [0.2, 0.25) is 0 Å². The molecule has 1 aliphatic carbocycles. The summed E-state index contributed by atoms with van der Waals surface area (Å²) in [4.78, 5) is 10.6. The number of hydrogen-bond acceptors (Lipinski definition) is 2. The second-order valence-corrected chi connectivity index (χ2v) is 4.40. The van der Waals surface area contributed by atoms with Crippen LogP contribution in [0.1, 0.15) is 6.42 Å². The van der Waals surface area contributed by atoms with Gasteiger partial charge >= 0.3 is 5.97 Å². The van der Waals surface area contributed by atoms with Crippen molar-refractivity contribution in [2.75, 3.05) is 5.32 Å². The van der Waals surface area contributed by atoms with Crippen molar-refractivity contribution in [2.45, 2.75) is 12.5 Å². The van der Waals surface area contributed by atoms with Crippen LogP contribution in [0.25, 0.3) is 0 Å². The first-order valence-corrected chi connectivity index (χ1v) is 5.28. The van der Waals surface area contributed by atoms with Gasteiger partial charge in [-0.2, -0.15) is 0 Å². The van der Waals surface area contributed by atoms with Crippen LogP contribution >= 0.6 is 23.2 Å². The Balaban J connectivity index is 2.06. The summed E-state index contributed by atoms with van der Waals surface area (Å²) >= 11 is 11.7. The summed E-state index contributed by atoms with van der Waals surface area (Å²) in [6.07, 6.45) is 0.637. The van der Waals surface area contributed by atoms with E-state index in [-0.39, 0.29) is 12.0 Å². The van der Waals surface area contributed by atoms with E-state index < -0.39 is 5.97 Å². The summed E-state index contributed by atoms with van der Waals surface area (Å²) in [7, 11) is 0. The summed E-state index contributed by atoms with van der Waals surface area (Å²) in [6.45, 7) is 0. The van der Waals surface area contributed by atoms with Crippen molar-refractivity contribution < 1.29 is 9.90 Å². The fraction of sp³-hybridized carbons (Fsp3) is 0.300. The van der Waals surface area contributed by atoms with Gasteiger partial charge in [-0.25, -0.2) is 0 Å². The molecule has 1 aromatic rings. The van der Waals surface area contributed by atoms with Crippen molar-refractivity contribution >= 4 is 34.9 Å². The minimum atomic E-state index is -0.773. The molecule has 0 spiro atoms. The van der Waals surface area contributed by atoms with Gasteiger partial charge in [0.1, 0.15) is 0 Å². The molecule has 0 amide bonds. The molecule has 0 bridgehead atoms. The third-order valence-electron chi connectivity index (χ3n) is 2.38. The largest absolute Gasteiger partial charge is 0.481 e. The first-order valence-electron chi connectivity index (χ1n) is 4.52. The lowest BCUT2D eigenvalue weighted by molar-refractivity contribution is -0.138. The number of benzene rings is 1. The highest BCUT2D eigenvalue weighted by atomic mass is 35.5. The first kappa shape index (κ1) is 10.6. The molecule has 15 heavy (non-hydrogen) atoms. The van der Waals surface area contributed by atoms with E-state index in [0.717, 1.165) is 0 Å². The Morgan fingerprint density at radius 2 is 2.20 bits per heavy atom. The first-order chi connectivity index (χ1) is 7.08. The molecular formula is C10H9Cl2NO2. The Labute approximate surface area is 97.0 Å². The minimum Gasteiger partial charge on any atom is -0.481 e. The smallest absolute Gasteiger partial charge is 0.308 e. The molecule has 80 valence electrons. The molecule has 0 heterocycles. The quantitative estimate of drug-likeness (QED) is 0.862. The van der Waals surface area contributed by atoms with Crippen molar-refractivity contribution in [3.05, 3.63) is 28.2 Å². The van der Waals surface area contributed by atoms with Crippen LogP contribution in [0.4, 0.5) is 5.69 Å². The van der Waals surface area contributed by atoms with Gasteiger partial charge in [0.15, 0.2) is 0 Å². The average molecular weight is 246 g/mol. The van der Waals surface area contributed by atoms with Gasteiger partial charge in [-0.1, -0.05) is 23.2 Å². The van der Waals surface area contributed by atoms with Crippen LogP contribution in [-0.2, 0) is 4.79 Å². The normalized spacial score (nSPS) is 23.6. The third-order valence-corrected chi connectivity index (χ3v) is 2.94. The van der Waals surface area contributed by atoms with Crippen LogP contribution in [0.2, 0.25) is 10.0 Å². The van der Waals surface area contributed by atoms with Crippen LogP contribution in [0.5, 0.6) is 0 Å². The van der Waals surface area contributed by atoms with Gasteiger partial charge in [-0.05, 0) is 24.6 Å². The number of hydrogen-bond donors (Lipinski definition) is 2. The number of carbonyl (C=O) groups is 1. The van der Waals surface area contributed by atoms with Gasteiger partial charge in [0.05, 0.1) is 16.6 Å². The Kier molecular flexibility index (Phi) is 2.76. The number of halogens is 2. The molecule has 0 aromatic heterocycles. The second kappa shape index (κ2) is 3.91. The molecule has 0 saturated heterocycles. The van der Waals surface area contributed by atoms with Crippen molar-refractivity contribution in [1.82, 2.24) is 0 Å². The predicted octanol–water partition coefficient (Wildman–Crippen LogP) is 2.88. The van der Waals surface area contributed by atoms with Crippen molar-refractivity contribution in [3.8, 4) is 0 Å². The number of rotatable bonds is 3. The van der Waals surface area contributed by atoms with Crippen LogP contribution in [0.15, 0.2) is 18.2 Å². The molecule has 0 radical (unpaired) electrons. The Bertz CT molecular complexity index is 408. The molecule has 1 saturated carbocycles. The lowest BCUT2D eigenvalue weighted by atomic mass is 10.3. The summed E-state index contributed by atoms with van der Waals surface area (Å²) in [5.41, 5.74) is 0.693. The molecule has 1 aromatic carbocycles. The van der Waals surface area contributed by atoms with E-state index in [2.05, 4.69) is 5.32 Å². The van der Waals surface area contributed by atoms with Crippen LogP contribution in [0.3, 0.4) is 0 Å². The van der Waals surface area contributed by atoms with E-state index in [0.29, 0.717) is 22.2 Å². The predicted molar refractivity (Wildman–Crippen MR) is 59.6 cm³/mol. The number of carboxylic acid groups (broad SMARTS) is 1. The maximum absolute atomic E-state index is 10.6. The fourth-order valence-corrected chi connectivity index (χ4v) is 1.78. The summed E-state index contributed by atoms with van der Waals surface area (Å²) < 4.78 is 0. The van der Waals surface area contributed by atoms with Crippen molar-refractivity contribution in [3.63, 3.8) is 0 Å². The molecule has 2 unspecified atom stereocenters. The van der Waals surface area contributed by atoms with Gasteiger partial charge < -0.3 is 10.4 Å². The van der Waals surface area contributed by atoms with E-state index in [9.17, 15) is 4.79 Å². The zero-order chi connectivity index (χ0) is 11.0.